The fourth-order valence-electron chi connectivity index (χ4n) is 2.30. The second kappa shape index (κ2) is 7.11. The summed E-state index contributed by atoms with van der Waals surface area (Å²) >= 11 is 11.8. The highest BCUT2D eigenvalue weighted by Gasteiger charge is 2.41. The molecule has 0 saturated carbocycles. The Balaban J connectivity index is 1.77. The van der Waals surface area contributed by atoms with Crippen LogP contribution in [0.25, 0.3) is 0 Å². The smallest absolute Gasteiger partial charge is 0.290 e. The van der Waals surface area contributed by atoms with Gasteiger partial charge in [0, 0.05) is 20.1 Å². The molecule has 22 heavy (non-hydrogen) atoms. The highest BCUT2D eigenvalue weighted by Crippen LogP contribution is 2.23. The molecule has 1 aromatic carbocycles. The van der Waals surface area contributed by atoms with Crippen molar-refractivity contribution in [2.75, 3.05) is 20.1 Å². The van der Waals surface area contributed by atoms with Crippen LogP contribution in [0.5, 0.6) is 0 Å². The SMILES string of the molecule is CN1CC(C(=O)NCCCc2ccc(Cl)c(Cl)c2)C(=O)C1=O. The van der Waals surface area contributed by atoms with Gasteiger partial charge in [0.1, 0.15) is 5.92 Å². The van der Waals surface area contributed by atoms with E-state index in [9.17, 15) is 14.4 Å². The molecule has 1 saturated heterocycles. The van der Waals surface area contributed by atoms with Crippen LogP contribution in [0.2, 0.25) is 10.0 Å². The number of halogens is 2. The topological polar surface area (TPSA) is 66.5 Å². The molecule has 0 bridgehead atoms. The fraction of sp³-hybridized carbons (Fsp3) is 0.400. The molecule has 1 aliphatic heterocycles. The predicted octanol–water partition coefficient (Wildman–Crippen LogP) is 1.70. The molecule has 1 heterocycles. The number of hydrogen-bond acceptors (Lipinski definition) is 3. The summed E-state index contributed by atoms with van der Waals surface area (Å²) in [4.78, 5) is 36.1. The van der Waals surface area contributed by atoms with E-state index in [1.807, 2.05) is 6.07 Å². The first kappa shape index (κ1) is 16.8. The molecule has 0 aliphatic carbocycles. The zero-order chi connectivity index (χ0) is 16.3. The number of Topliss-reactive ketones (excluding diaryl/α,β-unsaturated/α-hetero) is 1. The van der Waals surface area contributed by atoms with Crippen molar-refractivity contribution in [3.8, 4) is 0 Å². The van der Waals surface area contributed by atoms with Crippen LogP contribution >= 0.6 is 23.2 Å². The minimum absolute atomic E-state index is 0.149. The zero-order valence-electron chi connectivity index (χ0n) is 12.1. The summed E-state index contributed by atoms with van der Waals surface area (Å²) in [5.74, 6) is -2.51. The van der Waals surface area contributed by atoms with Crippen LogP contribution in [0.15, 0.2) is 18.2 Å². The summed E-state index contributed by atoms with van der Waals surface area (Å²) < 4.78 is 0. The van der Waals surface area contributed by atoms with Crippen LogP contribution in [0.4, 0.5) is 0 Å². The molecule has 1 unspecified atom stereocenters. The minimum atomic E-state index is -0.887. The van der Waals surface area contributed by atoms with Crippen molar-refractivity contribution in [2.45, 2.75) is 12.8 Å². The Morgan fingerprint density at radius 3 is 2.64 bits per heavy atom. The van der Waals surface area contributed by atoms with E-state index >= 15 is 0 Å². The van der Waals surface area contributed by atoms with Gasteiger partial charge >= 0.3 is 0 Å². The number of likely N-dealkylation sites (tertiary alicyclic amines) is 1. The number of ketones is 1. The normalized spacial score (nSPS) is 18.0. The number of aryl methyl sites for hydroxylation is 1. The molecule has 1 atom stereocenters. The number of benzene rings is 1. The van der Waals surface area contributed by atoms with Gasteiger partial charge in [-0.3, -0.25) is 14.4 Å². The summed E-state index contributed by atoms with van der Waals surface area (Å²) in [7, 11) is 1.51. The van der Waals surface area contributed by atoms with Gasteiger partial charge in [0.15, 0.2) is 0 Å². The maximum Gasteiger partial charge on any atom is 0.290 e. The lowest BCUT2D eigenvalue weighted by Crippen LogP contribution is -2.36. The van der Waals surface area contributed by atoms with Crippen LogP contribution < -0.4 is 5.32 Å². The predicted molar refractivity (Wildman–Crippen MR) is 83.9 cm³/mol. The van der Waals surface area contributed by atoms with Gasteiger partial charge in [-0.05, 0) is 30.5 Å². The van der Waals surface area contributed by atoms with E-state index < -0.39 is 23.5 Å². The lowest BCUT2D eigenvalue weighted by atomic mass is 10.1. The van der Waals surface area contributed by atoms with E-state index in [1.165, 1.54) is 11.9 Å². The van der Waals surface area contributed by atoms with Crippen molar-refractivity contribution >= 4 is 40.8 Å². The lowest BCUT2D eigenvalue weighted by molar-refractivity contribution is -0.142. The summed E-state index contributed by atoms with van der Waals surface area (Å²) in [6.45, 7) is 0.580. The van der Waals surface area contributed by atoms with Gasteiger partial charge in [0.05, 0.1) is 10.0 Å². The van der Waals surface area contributed by atoms with E-state index in [0.717, 1.165) is 12.0 Å². The van der Waals surface area contributed by atoms with Crippen LogP contribution in [0, 0.1) is 5.92 Å². The van der Waals surface area contributed by atoms with Gasteiger partial charge in [0.2, 0.25) is 11.7 Å². The molecular weight excluding hydrogens is 327 g/mol. The molecule has 2 amide bonds. The van der Waals surface area contributed by atoms with Crippen LogP contribution in [-0.2, 0) is 20.8 Å². The van der Waals surface area contributed by atoms with Crippen molar-refractivity contribution in [2.24, 2.45) is 5.92 Å². The van der Waals surface area contributed by atoms with Gasteiger partial charge in [-0.15, -0.1) is 0 Å². The van der Waals surface area contributed by atoms with Crippen LogP contribution in [0.1, 0.15) is 12.0 Å². The van der Waals surface area contributed by atoms with E-state index in [1.54, 1.807) is 12.1 Å². The Morgan fingerprint density at radius 1 is 1.32 bits per heavy atom. The fourth-order valence-corrected chi connectivity index (χ4v) is 2.62. The average Bonchev–Trinajstić information content (AvgIpc) is 2.74. The maximum atomic E-state index is 11.9. The van der Waals surface area contributed by atoms with Crippen molar-refractivity contribution < 1.29 is 14.4 Å². The van der Waals surface area contributed by atoms with Crippen molar-refractivity contribution in [3.05, 3.63) is 33.8 Å². The number of nitrogens with zero attached hydrogens (tertiary/aromatic N) is 1. The van der Waals surface area contributed by atoms with Crippen molar-refractivity contribution in [1.82, 2.24) is 10.2 Å². The Labute approximate surface area is 138 Å². The monoisotopic (exact) mass is 342 g/mol. The number of carbonyl (C=O) groups is 3. The van der Waals surface area contributed by atoms with Gasteiger partial charge in [0.25, 0.3) is 5.91 Å². The Morgan fingerprint density at radius 2 is 2.05 bits per heavy atom. The highest BCUT2D eigenvalue weighted by molar-refractivity contribution is 6.42. The summed E-state index contributed by atoms with van der Waals surface area (Å²) in [6.07, 6.45) is 1.43. The summed E-state index contributed by atoms with van der Waals surface area (Å²) in [5.41, 5.74) is 1.02. The number of nitrogens with one attached hydrogen (secondary N) is 1. The largest absolute Gasteiger partial charge is 0.355 e. The quantitative estimate of drug-likeness (QED) is 0.503. The third-order valence-electron chi connectivity index (χ3n) is 3.57. The lowest BCUT2D eigenvalue weighted by Gasteiger charge is -2.10. The first-order valence-corrected chi connectivity index (χ1v) is 7.66. The van der Waals surface area contributed by atoms with Crippen molar-refractivity contribution in [1.29, 1.82) is 0 Å². The number of amides is 2. The molecule has 118 valence electrons. The molecule has 1 aromatic rings. The highest BCUT2D eigenvalue weighted by atomic mass is 35.5. The number of hydrogen-bond donors (Lipinski definition) is 1. The average molecular weight is 343 g/mol. The molecule has 7 heteroatoms. The standard InChI is InChI=1S/C15H16Cl2N2O3/c1-19-8-10(13(20)15(19)22)14(21)18-6-2-3-9-4-5-11(16)12(17)7-9/h4-5,7,10H,2-3,6,8H2,1H3,(H,18,21). The molecular formula is C15H16Cl2N2O3. The maximum absolute atomic E-state index is 11.9. The second-order valence-electron chi connectivity index (χ2n) is 5.25. The Hall–Kier alpha value is -1.59. The van der Waals surface area contributed by atoms with Gasteiger partial charge < -0.3 is 10.2 Å². The third kappa shape index (κ3) is 3.78. The first-order valence-electron chi connectivity index (χ1n) is 6.91. The Kier molecular flexibility index (Phi) is 5.42. The molecule has 1 N–H and O–H groups in total. The van der Waals surface area contributed by atoms with E-state index in [-0.39, 0.29) is 6.54 Å². The molecule has 0 radical (unpaired) electrons. The third-order valence-corrected chi connectivity index (χ3v) is 4.31. The van der Waals surface area contributed by atoms with E-state index in [2.05, 4.69) is 5.32 Å². The zero-order valence-corrected chi connectivity index (χ0v) is 13.6. The van der Waals surface area contributed by atoms with Crippen molar-refractivity contribution in [3.63, 3.8) is 0 Å². The minimum Gasteiger partial charge on any atom is -0.355 e. The summed E-state index contributed by atoms with van der Waals surface area (Å²) in [6, 6.07) is 5.40. The van der Waals surface area contributed by atoms with Gasteiger partial charge in [-0.25, -0.2) is 0 Å². The number of rotatable bonds is 5. The van der Waals surface area contributed by atoms with Gasteiger partial charge in [-0.2, -0.15) is 0 Å². The van der Waals surface area contributed by atoms with Crippen LogP contribution in [-0.4, -0.2) is 42.6 Å². The van der Waals surface area contributed by atoms with Crippen LogP contribution in [0.3, 0.4) is 0 Å². The number of likely N-dealkylation sites (N-methyl/N-ethyl adjacent to an activating group) is 1. The molecule has 5 nitrogen and oxygen atoms in total. The molecule has 2 rings (SSSR count). The Bertz CT molecular complexity index is 619. The summed E-state index contributed by atoms with van der Waals surface area (Å²) in [5, 5.41) is 3.70. The van der Waals surface area contributed by atoms with Gasteiger partial charge in [-0.1, -0.05) is 29.3 Å². The van der Waals surface area contributed by atoms with E-state index in [0.29, 0.717) is 23.0 Å². The second-order valence-corrected chi connectivity index (χ2v) is 6.06. The number of carbonyl (C=O) groups excluding carboxylic acids is 3. The molecule has 1 fully saturated rings. The van der Waals surface area contributed by atoms with E-state index in [4.69, 9.17) is 23.2 Å². The molecule has 0 aromatic heterocycles. The molecule has 0 spiro atoms. The molecule has 1 aliphatic rings. The first-order chi connectivity index (χ1) is 10.4.